The van der Waals surface area contributed by atoms with Gasteiger partial charge in [-0.15, -0.1) is 0 Å². The summed E-state index contributed by atoms with van der Waals surface area (Å²) >= 11 is 0. The van der Waals surface area contributed by atoms with Crippen molar-refractivity contribution >= 4 is 11.4 Å². The van der Waals surface area contributed by atoms with Gasteiger partial charge >= 0.3 is 0 Å². The summed E-state index contributed by atoms with van der Waals surface area (Å²) in [5.41, 5.74) is 2.29. The Morgan fingerprint density at radius 3 is 1.37 bits per heavy atom. The van der Waals surface area contributed by atoms with E-state index in [-0.39, 0.29) is 0 Å². The molecule has 0 radical (unpaired) electrons. The van der Waals surface area contributed by atoms with E-state index >= 15 is 0 Å². The van der Waals surface area contributed by atoms with Crippen LogP contribution in [0.4, 0.5) is 11.4 Å². The molecule has 0 aliphatic rings. The van der Waals surface area contributed by atoms with Crippen molar-refractivity contribution in [3.8, 4) is 11.5 Å². The van der Waals surface area contributed by atoms with E-state index in [0.29, 0.717) is 0 Å². The molecule has 0 bridgehead atoms. The summed E-state index contributed by atoms with van der Waals surface area (Å²) in [5.74, 6) is 1.74. The van der Waals surface area contributed by atoms with Gasteiger partial charge in [-0.1, -0.05) is 0 Å². The molecule has 3 nitrogen and oxygen atoms in total. The van der Waals surface area contributed by atoms with Gasteiger partial charge in [0.1, 0.15) is 11.5 Å². The molecular weight excluding hydrogens is 238 g/mol. The minimum atomic E-state index is 0.870. The largest absolute Gasteiger partial charge is 0.497 e. The van der Waals surface area contributed by atoms with Gasteiger partial charge < -0.3 is 14.4 Å². The van der Waals surface area contributed by atoms with Crippen LogP contribution in [0.3, 0.4) is 0 Å². The lowest BCUT2D eigenvalue weighted by molar-refractivity contribution is 0.415. The Kier molecular flexibility index (Phi) is 4.29. The van der Waals surface area contributed by atoms with Crippen molar-refractivity contribution in [2.75, 3.05) is 25.7 Å². The van der Waals surface area contributed by atoms with Gasteiger partial charge in [0.05, 0.1) is 14.2 Å². The first kappa shape index (κ1) is 13.3. The van der Waals surface area contributed by atoms with E-state index in [9.17, 15) is 0 Å². The number of hydrogen-bond acceptors (Lipinski definition) is 3. The molecule has 0 amide bonds. The molecule has 0 aliphatic carbocycles. The summed E-state index contributed by atoms with van der Waals surface area (Å²) in [6, 6.07) is 16.1. The number of methoxy groups -OCH3 is 2. The number of anilines is 2. The van der Waals surface area contributed by atoms with E-state index in [1.807, 2.05) is 24.3 Å². The lowest BCUT2D eigenvalue weighted by atomic mass is 10.2. The Morgan fingerprint density at radius 2 is 1.11 bits per heavy atom. The van der Waals surface area contributed by atoms with Gasteiger partial charge in [0, 0.05) is 17.9 Å². The minimum Gasteiger partial charge on any atom is -0.497 e. The molecular formula is C16H19NO2. The highest BCUT2D eigenvalue weighted by molar-refractivity contribution is 5.64. The van der Waals surface area contributed by atoms with Crippen LogP contribution in [-0.4, -0.2) is 20.8 Å². The molecule has 0 aromatic heterocycles. The summed E-state index contributed by atoms with van der Waals surface area (Å²) in [5, 5.41) is 0. The van der Waals surface area contributed by atoms with E-state index in [4.69, 9.17) is 9.47 Å². The van der Waals surface area contributed by atoms with E-state index in [1.165, 1.54) is 0 Å². The lowest BCUT2D eigenvalue weighted by Crippen LogP contribution is -2.15. The first-order valence-corrected chi connectivity index (χ1v) is 6.34. The predicted molar refractivity (Wildman–Crippen MR) is 78.7 cm³/mol. The highest BCUT2D eigenvalue weighted by atomic mass is 16.5. The van der Waals surface area contributed by atoms with Crippen LogP contribution in [0, 0.1) is 0 Å². The molecule has 0 atom stereocenters. The van der Waals surface area contributed by atoms with Gasteiger partial charge in [-0.25, -0.2) is 0 Å². The monoisotopic (exact) mass is 257 g/mol. The van der Waals surface area contributed by atoms with Crippen molar-refractivity contribution in [2.45, 2.75) is 6.92 Å². The standard InChI is InChI=1S/C16H19NO2/c1-4-17(13-5-9-15(18-2)10-6-13)14-7-11-16(19-3)12-8-14/h5-12H,4H2,1-3H3. The SMILES string of the molecule is CCN(c1ccc(OC)cc1)c1ccc(OC)cc1. The van der Waals surface area contributed by atoms with Gasteiger partial charge in [0.25, 0.3) is 0 Å². The zero-order valence-electron chi connectivity index (χ0n) is 11.6. The Hall–Kier alpha value is -2.16. The molecule has 0 spiro atoms. The molecule has 2 aromatic carbocycles. The molecule has 0 saturated heterocycles. The first-order valence-electron chi connectivity index (χ1n) is 6.34. The second-order valence-corrected chi connectivity index (χ2v) is 4.14. The van der Waals surface area contributed by atoms with Crippen LogP contribution < -0.4 is 14.4 Å². The highest BCUT2D eigenvalue weighted by Crippen LogP contribution is 2.28. The molecule has 2 aromatic rings. The van der Waals surface area contributed by atoms with Crippen molar-refractivity contribution in [2.24, 2.45) is 0 Å². The van der Waals surface area contributed by atoms with Crippen LogP contribution in [0.5, 0.6) is 11.5 Å². The van der Waals surface area contributed by atoms with Crippen LogP contribution in [-0.2, 0) is 0 Å². The Morgan fingerprint density at radius 1 is 0.737 bits per heavy atom. The van der Waals surface area contributed by atoms with E-state index in [1.54, 1.807) is 14.2 Å². The molecule has 19 heavy (non-hydrogen) atoms. The van der Waals surface area contributed by atoms with Crippen molar-refractivity contribution in [3.05, 3.63) is 48.5 Å². The normalized spacial score (nSPS) is 10.1. The second-order valence-electron chi connectivity index (χ2n) is 4.14. The lowest BCUT2D eigenvalue weighted by Gasteiger charge is -2.23. The Balaban J connectivity index is 2.26. The van der Waals surface area contributed by atoms with Gasteiger partial charge in [0.15, 0.2) is 0 Å². The zero-order chi connectivity index (χ0) is 13.7. The molecule has 100 valence electrons. The molecule has 0 heterocycles. The molecule has 2 rings (SSSR count). The molecule has 3 heteroatoms. The van der Waals surface area contributed by atoms with Crippen LogP contribution >= 0.6 is 0 Å². The fourth-order valence-corrected chi connectivity index (χ4v) is 2.04. The Bertz CT molecular complexity index is 458. The third-order valence-corrected chi connectivity index (χ3v) is 3.08. The number of nitrogens with zero attached hydrogens (tertiary/aromatic N) is 1. The Labute approximate surface area is 114 Å². The minimum absolute atomic E-state index is 0.870. The van der Waals surface area contributed by atoms with Crippen LogP contribution in [0.1, 0.15) is 6.92 Å². The summed E-state index contributed by atoms with van der Waals surface area (Å²) < 4.78 is 10.4. The third-order valence-electron chi connectivity index (χ3n) is 3.08. The molecule has 0 aliphatic heterocycles. The maximum atomic E-state index is 5.18. The van der Waals surface area contributed by atoms with Crippen molar-refractivity contribution in [1.82, 2.24) is 0 Å². The maximum absolute atomic E-state index is 5.18. The van der Waals surface area contributed by atoms with Gasteiger partial charge in [-0.05, 0) is 55.5 Å². The van der Waals surface area contributed by atoms with E-state index in [2.05, 4.69) is 36.1 Å². The number of hydrogen-bond donors (Lipinski definition) is 0. The first-order chi connectivity index (χ1) is 9.28. The maximum Gasteiger partial charge on any atom is 0.119 e. The molecule has 0 saturated carbocycles. The summed E-state index contributed by atoms with van der Waals surface area (Å²) in [6.07, 6.45) is 0. The molecule has 0 unspecified atom stereocenters. The number of ether oxygens (including phenoxy) is 2. The smallest absolute Gasteiger partial charge is 0.119 e. The fraction of sp³-hybridized carbons (Fsp3) is 0.250. The summed E-state index contributed by atoms with van der Waals surface area (Å²) in [7, 11) is 3.35. The predicted octanol–water partition coefficient (Wildman–Crippen LogP) is 3.86. The quantitative estimate of drug-likeness (QED) is 0.811. The van der Waals surface area contributed by atoms with Crippen LogP contribution in [0.15, 0.2) is 48.5 Å². The van der Waals surface area contributed by atoms with Crippen LogP contribution in [0.25, 0.3) is 0 Å². The average Bonchev–Trinajstić information content (AvgIpc) is 2.49. The van der Waals surface area contributed by atoms with Crippen molar-refractivity contribution < 1.29 is 9.47 Å². The van der Waals surface area contributed by atoms with Crippen LogP contribution in [0.2, 0.25) is 0 Å². The fourth-order valence-electron chi connectivity index (χ4n) is 2.04. The van der Waals surface area contributed by atoms with Gasteiger partial charge in [0.2, 0.25) is 0 Å². The topological polar surface area (TPSA) is 21.7 Å². The van der Waals surface area contributed by atoms with E-state index < -0.39 is 0 Å². The summed E-state index contributed by atoms with van der Waals surface area (Å²) in [6.45, 7) is 3.03. The van der Waals surface area contributed by atoms with E-state index in [0.717, 1.165) is 29.4 Å². The van der Waals surface area contributed by atoms with Crippen molar-refractivity contribution in [3.63, 3.8) is 0 Å². The summed E-state index contributed by atoms with van der Waals surface area (Å²) in [4.78, 5) is 2.24. The number of rotatable bonds is 5. The number of benzene rings is 2. The second kappa shape index (κ2) is 6.14. The average molecular weight is 257 g/mol. The van der Waals surface area contributed by atoms with Gasteiger partial charge in [-0.3, -0.25) is 0 Å². The zero-order valence-corrected chi connectivity index (χ0v) is 11.6. The molecule has 0 fully saturated rings. The highest BCUT2D eigenvalue weighted by Gasteiger charge is 2.07. The third kappa shape index (κ3) is 2.99. The van der Waals surface area contributed by atoms with Crippen molar-refractivity contribution in [1.29, 1.82) is 0 Å². The van der Waals surface area contributed by atoms with Gasteiger partial charge in [-0.2, -0.15) is 0 Å². The molecule has 0 N–H and O–H groups in total.